The first-order valence-electron chi connectivity index (χ1n) is 10.2. The Morgan fingerprint density at radius 2 is 1.87 bits per heavy atom. The second-order valence-corrected chi connectivity index (χ2v) is 8.49. The zero-order chi connectivity index (χ0) is 21.8. The van der Waals surface area contributed by atoms with Crippen LogP contribution >= 0.6 is 11.8 Å². The van der Waals surface area contributed by atoms with Crippen molar-refractivity contribution in [1.29, 1.82) is 5.26 Å². The number of hydrogen-bond acceptors (Lipinski definition) is 6. The van der Waals surface area contributed by atoms with Gasteiger partial charge in [0.25, 0.3) is 0 Å². The van der Waals surface area contributed by atoms with E-state index in [9.17, 15) is 5.11 Å². The minimum atomic E-state index is -1.20. The molecule has 0 aromatic heterocycles. The number of anilines is 2. The quantitative estimate of drug-likeness (QED) is 0.433. The first-order valence-corrected chi connectivity index (χ1v) is 11.4. The molecule has 3 aromatic carbocycles. The molecule has 0 amide bonds. The van der Waals surface area contributed by atoms with Gasteiger partial charge in [-0.2, -0.15) is 5.26 Å². The van der Waals surface area contributed by atoms with Gasteiger partial charge in [0.2, 0.25) is 0 Å². The number of ether oxygens (including phenoxy) is 1. The van der Waals surface area contributed by atoms with E-state index in [1.807, 2.05) is 42.5 Å². The molecule has 0 saturated heterocycles. The Labute approximate surface area is 187 Å². The van der Waals surface area contributed by atoms with Gasteiger partial charge in [0.1, 0.15) is 18.1 Å². The van der Waals surface area contributed by atoms with E-state index in [2.05, 4.69) is 46.8 Å². The zero-order valence-electron chi connectivity index (χ0n) is 17.6. The van der Waals surface area contributed by atoms with Crippen LogP contribution in [0.4, 0.5) is 11.4 Å². The summed E-state index contributed by atoms with van der Waals surface area (Å²) in [5.74, 6) is 0.736. The molecule has 3 aromatic rings. The molecule has 1 unspecified atom stereocenters. The molecule has 1 aliphatic heterocycles. The van der Waals surface area contributed by atoms with E-state index in [0.717, 1.165) is 34.8 Å². The van der Waals surface area contributed by atoms with E-state index in [4.69, 9.17) is 10.00 Å². The Bertz CT molecular complexity index is 1090. The monoisotopic (exact) mass is 431 g/mol. The average Bonchev–Trinajstić information content (AvgIpc) is 2.82. The van der Waals surface area contributed by atoms with Gasteiger partial charge < -0.3 is 14.7 Å². The summed E-state index contributed by atoms with van der Waals surface area (Å²) in [6.45, 7) is 3.58. The summed E-state index contributed by atoms with van der Waals surface area (Å²) >= 11 is 1.71. The van der Waals surface area contributed by atoms with Gasteiger partial charge in [-0.3, -0.25) is 5.32 Å². The summed E-state index contributed by atoms with van der Waals surface area (Å²) in [5.41, 5.74) is 3.25. The summed E-state index contributed by atoms with van der Waals surface area (Å²) < 4.78 is 5.91. The molecule has 0 bridgehead atoms. The van der Waals surface area contributed by atoms with Crippen LogP contribution in [0.15, 0.2) is 71.6 Å². The third kappa shape index (κ3) is 4.70. The Hall–Kier alpha value is -2.98. The molecule has 0 radical (unpaired) electrons. The molecule has 0 aliphatic carbocycles. The number of nitrogens with zero attached hydrogens (tertiary/aromatic N) is 2. The summed E-state index contributed by atoms with van der Waals surface area (Å²) in [6.07, 6.45) is 2.05. The van der Waals surface area contributed by atoms with Gasteiger partial charge >= 0.3 is 0 Å². The maximum absolute atomic E-state index is 11.1. The van der Waals surface area contributed by atoms with E-state index in [-0.39, 0.29) is 0 Å². The van der Waals surface area contributed by atoms with Gasteiger partial charge in [0.15, 0.2) is 0 Å². The number of fused-ring (bicyclic) bond motifs is 1. The van der Waals surface area contributed by atoms with E-state index in [1.165, 1.54) is 4.90 Å². The van der Waals surface area contributed by atoms with Crippen molar-refractivity contribution in [3.05, 3.63) is 83.4 Å². The van der Waals surface area contributed by atoms with Crippen LogP contribution in [0.3, 0.4) is 0 Å². The van der Waals surface area contributed by atoms with Gasteiger partial charge in [-0.05, 0) is 67.3 Å². The van der Waals surface area contributed by atoms with Crippen LogP contribution in [0.2, 0.25) is 0 Å². The van der Waals surface area contributed by atoms with Crippen LogP contribution in [0.25, 0.3) is 0 Å². The molecule has 1 atom stereocenters. The zero-order valence-corrected chi connectivity index (χ0v) is 18.4. The number of rotatable bonds is 6. The fourth-order valence-electron chi connectivity index (χ4n) is 3.63. The number of aliphatic hydroxyl groups is 1. The van der Waals surface area contributed by atoms with Crippen molar-refractivity contribution in [2.24, 2.45) is 0 Å². The molecule has 1 heterocycles. The normalized spacial score (nSPS) is 14.8. The lowest BCUT2D eigenvalue weighted by atomic mass is 10.0. The minimum Gasteiger partial charge on any atom is -0.490 e. The summed E-state index contributed by atoms with van der Waals surface area (Å²) in [7, 11) is 0. The standard InChI is InChI=1S/C25H25N3O2S/c1-25(29,27-17-19-5-10-22(31-2)11-6-19)20-7-12-23-24(15-20)30-14-13-28(23)21-8-3-18(16-26)4-9-21/h3-12,15,27,29H,13-14,17H2,1-2H3. The molecule has 4 rings (SSSR count). The summed E-state index contributed by atoms with van der Waals surface area (Å²) in [5, 5.41) is 23.3. The Morgan fingerprint density at radius 1 is 1.13 bits per heavy atom. The molecule has 6 heteroatoms. The van der Waals surface area contributed by atoms with Crippen molar-refractivity contribution < 1.29 is 9.84 Å². The lowest BCUT2D eigenvalue weighted by Gasteiger charge is -2.33. The van der Waals surface area contributed by atoms with Gasteiger partial charge in [-0.25, -0.2) is 0 Å². The highest BCUT2D eigenvalue weighted by molar-refractivity contribution is 7.98. The molecule has 0 spiro atoms. The number of nitriles is 1. The maximum Gasteiger partial charge on any atom is 0.143 e. The smallest absolute Gasteiger partial charge is 0.143 e. The number of benzene rings is 3. The van der Waals surface area contributed by atoms with Crippen LogP contribution in [0, 0.1) is 11.3 Å². The number of hydrogen-bond donors (Lipinski definition) is 2. The maximum atomic E-state index is 11.1. The first-order chi connectivity index (χ1) is 15.0. The topological polar surface area (TPSA) is 68.5 Å². The third-order valence-electron chi connectivity index (χ3n) is 5.49. The molecule has 158 valence electrons. The SMILES string of the molecule is CSc1ccc(CNC(C)(O)c2ccc3c(c2)OCCN3c2ccc(C#N)cc2)cc1. The number of nitrogens with one attached hydrogen (secondary N) is 1. The van der Waals surface area contributed by atoms with Crippen molar-refractivity contribution in [3.63, 3.8) is 0 Å². The van der Waals surface area contributed by atoms with E-state index in [1.54, 1.807) is 18.7 Å². The third-order valence-corrected chi connectivity index (χ3v) is 6.23. The van der Waals surface area contributed by atoms with Crippen LogP contribution in [0.5, 0.6) is 5.75 Å². The highest BCUT2D eigenvalue weighted by atomic mass is 32.2. The van der Waals surface area contributed by atoms with Crippen molar-refractivity contribution in [3.8, 4) is 11.8 Å². The van der Waals surface area contributed by atoms with E-state index < -0.39 is 5.72 Å². The predicted octanol–water partition coefficient (Wildman–Crippen LogP) is 4.77. The minimum absolute atomic E-state index is 0.549. The van der Waals surface area contributed by atoms with Gasteiger partial charge in [-0.1, -0.05) is 18.2 Å². The molecular weight excluding hydrogens is 406 g/mol. The van der Waals surface area contributed by atoms with Gasteiger partial charge in [0.05, 0.1) is 23.9 Å². The Kier molecular flexibility index (Phi) is 6.19. The van der Waals surface area contributed by atoms with Gasteiger partial charge in [-0.15, -0.1) is 11.8 Å². The highest BCUT2D eigenvalue weighted by Crippen LogP contribution is 2.38. The molecule has 5 nitrogen and oxygen atoms in total. The molecule has 0 fully saturated rings. The predicted molar refractivity (Wildman–Crippen MR) is 125 cm³/mol. The lowest BCUT2D eigenvalue weighted by molar-refractivity contribution is 0.0176. The summed E-state index contributed by atoms with van der Waals surface area (Å²) in [6, 6.07) is 23.8. The van der Waals surface area contributed by atoms with Gasteiger partial charge in [0, 0.05) is 22.7 Å². The molecule has 31 heavy (non-hydrogen) atoms. The second-order valence-electron chi connectivity index (χ2n) is 7.62. The van der Waals surface area contributed by atoms with Crippen molar-refractivity contribution >= 4 is 23.1 Å². The number of thioether (sulfide) groups is 1. The van der Waals surface area contributed by atoms with Crippen molar-refractivity contribution in [1.82, 2.24) is 5.32 Å². The fraction of sp³-hybridized carbons (Fsp3) is 0.240. The largest absolute Gasteiger partial charge is 0.490 e. The van der Waals surface area contributed by atoms with Crippen molar-refractivity contribution in [2.45, 2.75) is 24.1 Å². The van der Waals surface area contributed by atoms with E-state index in [0.29, 0.717) is 18.7 Å². The van der Waals surface area contributed by atoms with Crippen molar-refractivity contribution in [2.75, 3.05) is 24.3 Å². The summed E-state index contributed by atoms with van der Waals surface area (Å²) in [4.78, 5) is 3.38. The molecule has 1 aliphatic rings. The van der Waals surface area contributed by atoms with Crippen LogP contribution in [0.1, 0.15) is 23.6 Å². The van der Waals surface area contributed by atoms with E-state index >= 15 is 0 Å². The Balaban J connectivity index is 1.52. The molecule has 2 N–H and O–H groups in total. The fourth-order valence-corrected chi connectivity index (χ4v) is 4.03. The Morgan fingerprint density at radius 3 is 2.55 bits per heavy atom. The highest BCUT2D eigenvalue weighted by Gasteiger charge is 2.26. The average molecular weight is 432 g/mol. The van der Waals surface area contributed by atoms with Crippen LogP contribution in [-0.2, 0) is 12.3 Å². The lowest BCUT2D eigenvalue weighted by Crippen LogP contribution is -2.39. The van der Waals surface area contributed by atoms with Crippen LogP contribution in [-0.4, -0.2) is 24.5 Å². The molecule has 0 saturated carbocycles. The first kappa shape index (κ1) is 21.3. The second kappa shape index (κ2) is 9.03. The molecular formula is C25H25N3O2S. The van der Waals surface area contributed by atoms with Crippen LogP contribution < -0.4 is 15.0 Å².